The number of hydrogen-bond acceptors (Lipinski definition) is 3. The Labute approximate surface area is 116 Å². The number of likely N-dealkylation sites (tertiary alicyclic amines) is 1. The Kier molecular flexibility index (Phi) is 5.83. The van der Waals surface area contributed by atoms with E-state index in [-0.39, 0.29) is 0 Å². The van der Waals surface area contributed by atoms with E-state index in [1.54, 1.807) is 7.11 Å². The maximum atomic E-state index is 5.28. The number of likely N-dealkylation sites (N-methyl/N-ethyl adjacent to an activating group) is 1. The van der Waals surface area contributed by atoms with Crippen LogP contribution in [0.25, 0.3) is 0 Å². The molecule has 1 aliphatic heterocycles. The molecular weight excluding hydrogens is 236 g/mol. The van der Waals surface area contributed by atoms with Crippen molar-refractivity contribution in [3.63, 3.8) is 0 Å². The Bertz CT molecular complexity index is 347. The molecule has 3 heteroatoms. The first kappa shape index (κ1) is 14.5. The molecule has 1 heterocycles. The Morgan fingerprint density at radius 3 is 2.53 bits per heavy atom. The second-order valence-corrected chi connectivity index (χ2v) is 5.42. The van der Waals surface area contributed by atoms with E-state index in [4.69, 9.17) is 4.74 Å². The van der Waals surface area contributed by atoms with Gasteiger partial charge in [0.15, 0.2) is 0 Å². The van der Waals surface area contributed by atoms with Crippen molar-refractivity contribution in [2.24, 2.45) is 5.92 Å². The van der Waals surface area contributed by atoms with Crippen LogP contribution in [0.5, 0.6) is 0 Å². The molecule has 0 amide bonds. The van der Waals surface area contributed by atoms with E-state index in [2.05, 4.69) is 40.5 Å². The maximum Gasteiger partial charge on any atom is 0.0491 e. The molecular formula is C16H26N2O. The highest BCUT2D eigenvalue weighted by molar-refractivity contribution is 5.19. The summed E-state index contributed by atoms with van der Waals surface area (Å²) in [6, 6.07) is 11.3. The van der Waals surface area contributed by atoms with Gasteiger partial charge in [0.25, 0.3) is 0 Å². The smallest absolute Gasteiger partial charge is 0.0491 e. The van der Waals surface area contributed by atoms with Crippen molar-refractivity contribution in [3.05, 3.63) is 35.9 Å². The molecule has 1 aromatic carbocycles. The summed E-state index contributed by atoms with van der Waals surface area (Å²) in [5, 5.41) is 3.33. The molecule has 1 N–H and O–H groups in total. The number of ether oxygens (including phenoxy) is 1. The molecule has 106 valence electrons. The van der Waals surface area contributed by atoms with Gasteiger partial charge in [0.05, 0.1) is 0 Å². The molecule has 1 saturated heterocycles. The summed E-state index contributed by atoms with van der Waals surface area (Å²) >= 11 is 0. The normalized spacial score (nSPS) is 19.5. The number of nitrogens with one attached hydrogen (secondary N) is 1. The van der Waals surface area contributed by atoms with Crippen LogP contribution in [0.4, 0.5) is 0 Å². The molecule has 0 aliphatic carbocycles. The molecule has 1 aromatic rings. The van der Waals surface area contributed by atoms with Gasteiger partial charge in [-0.3, -0.25) is 4.90 Å². The van der Waals surface area contributed by atoms with Crippen LogP contribution in [0.3, 0.4) is 0 Å². The molecule has 3 nitrogen and oxygen atoms in total. The number of benzene rings is 1. The van der Waals surface area contributed by atoms with Gasteiger partial charge in [0.1, 0.15) is 0 Å². The van der Waals surface area contributed by atoms with Gasteiger partial charge in [-0.15, -0.1) is 0 Å². The summed E-state index contributed by atoms with van der Waals surface area (Å²) in [6.07, 6.45) is 2.50. The van der Waals surface area contributed by atoms with E-state index in [1.165, 1.54) is 31.5 Å². The number of piperidine rings is 1. The van der Waals surface area contributed by atoms with E-state index in [1.807, 2.05) is 7.05 Å². The zero-order valence-electron chi connectivity index (χ0n) is 12.1. The molecule has 0 bridgehead atoms. The van der Waals surface area contributed by atoms with Gasteiger partial charge in [-0.25, -0.2) is 0 Å². The van der Waals surface area contributed by atoms with Gasteiger partial charge >= 0.3 is 0 Å². The predicted molar refractivity (Wildman–Crippen MR) is 79.3 cm³/mol. The minimum Gasteiger partial charge on any atom is -0.384 e. The van der Waals surface area contributed by atoms with Crippen molar-refractivity contribution in [2.45, 2.75) is 18.9 Å². The first-order chi connectivity index (χ1) is 9.35. The largest absolute Gasteiger partial charge is 0.384 e. The number of rotatable bonds is 6. The van der Waals surface area contributed by atoms with Crippen LogP contribution >= 0.6 is 0 Å². The first-order valence-corrected chi connectivity index (χ1v) is 7.27. The number of hydrogen-bond donors (Lipinski definition) is 1. The van der Waals surface area contributed by atoms with Crippen LogP contribution in [-0.2, 0) is 4.74 Å². The van der Waals surface area contributed by atoms with Crippen molar-refractivity contribution in [1.29, 1.82) is 0 Å². The van der Waals surface area contributed by atoms with Crippen molar-refractivity contribution in [2.75, 3.05) is 40.4 Å². The van der Waals surface area contributed by atoms with Crippen LogP contribution in [0.15, 0.2) is 30.3 Å². The van der Waals surface area contributed by atoms with Crippen LogP contribution in [0.2, 0.25) is 0 Å². The lowest BCUT2D eigenvalue weighted by atomic mass is 9.95. The topological polar surface area (TPSA) is 24.5 Å². The van der Waals surface area contributed by atoms with Gasteiger partial charge in [-0.2, -0.15) is 0 Å². The monoisotopic (exact) mass is 262 g/mol. The second kappa shape index (κ2) is 7.63. The maximum absolute atomic E-state index is 5.28. The Balaban J connectivity index is 1.97. The van der Waals surface area contributed by atoms with Gasteiger partial charge in [-0.1, -0.05) is 30.3 Å². The third-order valence-corrected chi connectivity index (χ3v) is 4.07. The Hall–Kier alpha value is -0.900. The Morgan fingerprint density at radius 1 is 1.26 bits per heavy atom. The predicted octanol–water partition coefficient (Wildman–Crippen LogP) is 2.31. The second-order valence-electron chi connectivity index (χ2n) is 5.42. The first-order valence-electron chi connectivity index (χ1n) is 7.27. The van der Waals surface area contributed by atoms with E-state index < -0.39 is 0 Å². The molecule has 1 aliphatic rings. The highest BCUT2D eigenvalue weighted by Crippen LogP contribution is 2.26. The van der Waals surface area contributed by atoms with Crippen LogP contribution in [0, 0.1) is 5.92 Å². The quantitative estimate of drug-likeness (QED) is 0.851. The van der Waals surface area contributed by atoms with Gasteiger partial charge in [-0.05, 0) is 44.5 Å². The van der Waals surface area contributed by atoms with Crippen molar-refractivity contribution >= 4 is 0 Å². The standard InChI is InChI=1S/C16H26N2O/c1-17-12-16(15-6-4-3-5-7-15)18-10-8-14(9-11-18)13-19-2/h3-7,14,16-17H,8-13H2,1-2H3. The highest BCUT2D eigenvalue weighted by Gasteiger charge is 2.25. The van der Waals surface area contributed by atoms with E-state index >= 15 is 0 Å². The lowest BCUT2D eigenvalue weighted by Crippen LogP contribution is -2.41. The summed E-state index contributed by atoms with van der Waals surface area (Å²) in [5.74, 6) is 0.743. The third-order valence-electron chi connectivity index (χ3n) is 4.07. The number of nitrogens with zero attached hydrogens (tertiary/aromatic N) is 1. The lowest BCUT2D eigenvalue weighted by Gasteiger charge is -2.37. The molecule has 0 aromatic heterocycles. The molecule has 1 unspecified atom stereocenters. The van der Waals surface area contributed by atoms with Crippen molar-refractivity contribution in [1.82, 2.24) is 10.2 Å². The lowest BCUT2D eigenvalue weighted by molar-refractivity contribution is 0.0794. The minimum atomic E-state index is 0.495. The molecule has 0 saturated carbocycles. The zero-order valence-corrected chi connectivity index (χ0v) is 12.1. The summed E-state index contributed by atoms with van der Waals surface area (Å²) in [5.41, 5.74) is 1.42. The average molecular weight is 262 g/mol. The summed E-state index contributed by atoms with van der Waals surface area (Å²) in [4.78, 5) is 2.61. The fourth-order valence-electron chi connectivity index (χ4n) is 2.99. The fraction of sp³-hybridized carbons (Fsp3) is 0.625. The van der Waals surface area contributed by atoms with Gasteiger partial charge in [0, 0.05) is 26.3 Å². The van der Waals surface area contributed by atoms with E-state index in [0.29, 0.717) is 6.04 Å². The molecule has 0 spiro atoms. The molecule has 19 heavy (non-hydrogen) atoms. The van der Waals surface area contributed by atoms with Crippen LogP contribution in [-0.4, -0.2) is 45.3 Å². The zero-order chi connectivity index (χ0) is 13.5. The highest BCUT2D eigenvalue weighted by atomic mass is 16.5. The van der Waals surface area contributed by atoms with Crippen LogP contribution in [0.1, 0.15) is 24.4 Å². The molecule has 0 radical (unpaired) electrons. The summed E-state index contributed by atoms with van der Waals surface area (Å²) in [7, 11) is 3.84. The molecule has 1 fully saturated rings. The van der Waals surface area contributed by atoms with E-state index in [0.717, 1.165) is 19.1 Å². The summed E-state index contributed by atoms with van der Waals surface area (Å²) < 4.78 is 5.28. The van der Waals surface area contributed by atoms with Gasteiger partial charge < -0.3 is 10.1 Å². The Morgan fingerprint density at radius 2 is 1.95 bits per heavy atom. The van der Waals surface area contributed by atoms with Crippen molar-refractivity contribution < 1.29 is 4.74 Å². The molecule has 1 atom stereocenters. The summed E-state index contributed by atoms with van der Waals surface area (Å²) in [6.45, 7) is 4.28. The fourth-order valence-corrected chi connectivity index (χ4v) is 2.99. The van der Waals surface area contributed by atoms with Gasteiger partial charge in [0.2, 0.25) is 0 Å². The minimum absolute atomic E-state index is 0.495. The average Bonchev–Trinajstić information content (AvgIpc) is 2.47. The number of methoxy groups -OCH3 is 1. The third kappa shape index (κ3) is 4.03. The van der Waals surface area contributed by atoms with E-state index in [9.17, 15) is 0 Å². The van der Waals surface area contributed by atoms with Crippen molar-refractivity contribution in [3.8, 4) is 0 Å². The molecule has 2 rings (SSSR count). The SMILES string of the molecule is CNCC(c1ccccc1)N1CCC(COC)CC1. The van der Waals surface area contributed by atoms with Crippen LogP contribution < -0.4 is 5.32 Å².